The van der Waals surface area contributed by atoms with E-state index in [1.165, 1.54) is 6.07 Å². The van der Waals surface area contributed by atoms with E-state index < -0.39 is 5.43 Å². The van der Waals surface area contributed by atoms with Gasteiger partial charge in [0.15, 0.2) is 17.1 Å². The Balaban J connectivity index is 1.89. The van der Waals surface area contributed by atoms with E-state index in [-0.39, 0.29) is 40.6 Å². The average Bonchev–Trinajstić information content (AvgIpc) is 2.74. The van der Waals surface area contributed by atoms with E-state index in [4.69, 9.17) is 13.9 Å². The van der Waals surface area contributed by atoms with Gasteiger partial charge in [-0.05, 0) is 35.9 Å². The van der Waals surface area contributed by atoms with Crippen LogP contribution in [0.15, 0.2) is 75.9 Å². The van der Waals surface area contributed by atoms with Crippen molar-refractivity contribution in [3.8, 4) is 34.3 Å². The molecule has 1 heterocycles. The lowest BCUT2D eigenvalue weighted by atomic mass is 10.1. The Hall–Kier alpha value is -3.93. The topological polar surface area (TPSA) is 89.1 Å². The van der Waals surface area contributed by atoms with Crippen molar-refractivity contribution in [2.45, 2.75) is 6.61 Å². The summed E-state index contributed by atoms with van der Waals surface area (Å²) in [6, 6.07) is 18.7. The largest absolute Gasteiger partial charge is 0.508 e. The van der Waals surface area contributed by atoms with Crippen LogP contribution < -0.4 is 14.9 Å². The van der Waals surface area contributed by atoms with Crippen molar-refractivity contribution in [2.24, 2.45) is 0 Å². The Morgan fingerprint density at radius 3 is 2.38 bits per heavy atom. The second kappa shape index (κ2) is 7.59. The summed E-state index contributed by atoms with van der Waals surface area (Å²) in [7, 11) is 1.56. The van der Waals surface area contributed by atoms with E-state index in [2.05, 4.69) is 0 Å². The lowest BCUT2D eigenvalue weighted by molar-refractivity contribution is 0.297. The number of phenolic OH excluding ortho intramolecular Hbond substituents is 2. The van der Waals surface area contributed by atoms with Gasteiger partial charge < -0.3 is 24.1 Å². The molecule has 4 aromatic rings. The number of methoxy groups -OCH3 is 1. The molecule has 0 bridgehead atoms. The molecule has 0 aliphatic heterocycles. The first-order chi connectivity index (χ1) is 14.1. The first-order valence-corrected chi connectivity index (χ1v) is 8.91. The fourth-order valence-electron chi connectivity index (χ4n) is 3.04. The van der Waals surface area contributed by atoms with Crippen LogP contribution in [0.1, 0.15) is 5.56 Å². The minimum atomic E-state index is -0.487. The molecule has 0 atom stereocenters. The summed E-state index contributed by atoms with van der Waals surface area (Å²) in [5, 5.41) is 20.0. The van der Waals surface area contributed by atoms with Crippen molar-refractivity contribution in [3.05, 3.63) is 82.5 Å². The lowest BCUT2D eigenvalue weighted by Gasteiger charge is -2.13. The van der Waals surface area contributed by atoms with Gasteiger partial charge in [-0.2, -0.15) is 0 Å². The van der Waals surface area contributed by atoms with Gasteiger partial charge in [-0.1, -0.05) is 30.3 Å². The van der Waals surface area contributed by atoms with Gasteiger partial charge >= 0.3 is 0 Å². The van der Waals surface area contributed by atoms with Crippen molar-refractivity contribution in [1.82, 2.24) is 0 Å². The van der Waals surface area contributed by atoms with Crippen molar-refractivity contribution >= 4 is 11.0 Å². The molecular formula is C23H18O6. The van der Waals surface area contributed by atoms with E-state index in [0.29, 0.717) is 11.3 Å². The van der Waals surface area contributed by atoms with Gasteiger partial charge in [0.2, 0.25) is 11.2 Å². The quantitative estimate of drug-likeness (QED) is 0.523. The number of rotatable bonds is 5. The molecule has 0 fully saturated rings. The molecule has 1 aromatic heterocycles. The zero-order valence-corrected chi connectivity index (χ0v) is 15.6. The maximum atomic E-state index is 13.1. The third-order valence-electron chi connectivity index (χ3n) is 4.49. The molecule has 29 heavy (non-hydrogen) atoms. The highest BCUT2D eigenvalue weighted by atomic mass is 16.5. The van der Waals surface area contributed by atoms with Gasteiger partial charge in [0, 0.05) is 11.6 Å². The normalized spacial score (nSPS) is 10.8. The Morgan fingerprint density at radius 2 is 1.69 bits per heavy atom. The molecule has 146 valence electrons. The van der Waals surface area contributed by atoms with Gasteiger partial charge in [-0.15, -0.1) is 0 Å². The number of ether oxygens (including phenoxy) is 2. The third kappa shape index (κ3) is 3.60. The first-order valence-electron chi connectivity index (χ1n) is 8.91. The molecule has 6 nitrogen and oxygen atoms in total. The molecule has 0 unspecified atom stereocenters. The predicted octanol–water partition coefficient (Wildman–Crippen LogP) is 4.46. The lowest BCUT2D eigenvalue weighted by Crippen LogP contribution is -2.10. The van der Waals surface area contributed by atoms with Crippen molar-refractivity contribution < 1.29 is 24.1 Å². The summed E-state index contributed by atoms with van der Waals surface area (Å²) in [6.07, 6.45) is 0. The van der Waals surface area contributed by atoms with E-state index in [1.54, 1.807) is 31.4 Å². The number of hydrogen-bond donors (Lipinski definition) is 2. The molecule has 4 rings (SSSR count). The summed E-state index contributed by atoms with van der Waals surface area (Å²) in [6.45, 7) is 0.158. The van der Waals surface area contributed by atoms with Gasteiger partial charge in [0.25, 0.3) is 0 Å². The molecule has 2 N–H and O–H groups in total. The highest BCUT2D eigenvalue weighted by molar-refractivity contribution is 5.87. The second-order valence-electron chi connectivity index (χ2n) is 6.43. The molecule has 0 radical (unpaired) electrons. The van der Waals surface area contributed by atoms with Crippen molar-refractivity contribution in [2.75, 3.05) is 7.11 Å². The molecule has 3 aromatic carbocycles. The molecular weight excluding hydrogens is 372 g/mol. The minimum absolute atomic E-state index is 0.00322. The van der Waals surface area contributed by atoms with E-state index in [9.17, 15) is 15.0 Å². The van der Waals surface area contributed by atoms with Crippen LogP contribution in [0.5, 0.6) is 23.0 Å². The Morgan fingerprint density at radius 1 is 0.966 bits per heavy atom. The van der Waals surface area contributed by atoms with E-state index in [0.717, 1.165) is 11.6 Å². The van der Waals surface area contributed by atoms with Crippen molar-refractivity contribution in [1.29, 1.82) is 0 Å². The maximum absolute atomic E-state index is 13.1. The highest BCUT2D eigenvalue weighted by Crippen LogP contribution is 2.36. The average molecular weight is 390 g/mol. The van der Waals surface area contributed by atoms with Crippen LogP contribution in [0.25, 0.3) is 22.3 Å². The number of aromatic hydroxyl groups is 2. The highest BCUT2D eigenvalue weighted by Gasteiger charge is 2.20. The second-order valence-corrected chi connectivity index (χ2v) is 6.43. The van der Waals surface area contributed by atoms with Crippen LogP contribution in [-0.4, -0.2) is 17.3 Å². The van der Waals surface area contributed by atoms with E-state index in [1.807, 2.05) is 30.3 Å². The van der Waals surface area contributed by atoms with Gasteiger partial charge in [0.1, 0.15) is 18.1 Å². The number of phenols is 2. The summed E-state index contributed by atoms with van der Waals surface area (Å²) in [5.41, 5.74) is 0.955. The summed E-state index contributed by atoms with van der Waals surface area (Å²) in [4.78, 5) is 13.1. The van der Waals surface area contributed by atoms with Gasteiger partial charge in [-0.25, -0.2) is 0 Å². The molecule has 0 saturated heterocycles. The van der Waals surface area contributed by atoms with Gasteiger partial charge in [0.05, 0.1) is 12.5 Å². The molecule has 6 heteroatoms. The summed E-state index contributed by atoms with van der Waals surface area (Å²) in [5.74, 6) is 0.255. The minimum Gasteiger partial charge on any atom is -0.508 e. The third-order valence-corrected chi connectivity index (χ3v) is 4.49. The molecule has 0 aliphatic rings. The van der Waals surface area contributed by atoms with E-state index >= 15 is 0 Å². The molecule has 0 saturated carbocycles. The predicted molar refractivity (Wildman–Crippen MR) is 109 cm³/mol. The van der Waals surface area contributed by atoms with Crippen LogP contribution in [0.2, 0.25) is 0 Å². The van der Waals surface area contributed by atoms with Crippen LogP contribution in [0.3, 0.4) is 0 Å². The zero-order valence-electron chi connectivity index (χ0n) is 15.6. The molecule has 0 aliphatic carbocycles. The summed E-state index contributed by atoms with van der Waals surface area (Å²) >= 11 is 0. The number of fused-ring (bicyclic) bond motifs is 1. The Bertz CT molecular complexity index is 1210. The monoisotopic (exact) mass is 390 g/mol. The molecule has 0 amide bonds. The number of hydrogen-bond acceptors (Lipinski definition) is 6. The molecule has 0 spiro atoms. The Labute approximate surface area is 166 Å². The Kier molecular flexibility index (Phi) is 4.83. The number of benzene rings is 3. The smallest absolute Gasteiger partial charge is 0.235 e. The SMILES string of the molecule is COc1ccc(-c2oc3c(O)cc(O)cc3c(=O)c2OCc2ccccc2)cc1. The van der Waals surface area contributed by atoms with Crippen LogP contribution in [-0.2, 0) is 6.61 Å². The fourth-order valence-corrected chi connectivity index (χ4v) is 3.04. The summed E-state index contributed by atoms with van der Waals surface area (Å²) < 4.78 is 16.9. The van der Waals surface area contributed by atoms with Crippen LogP contribution in [0.4, 0.5) is 0 Å². The maximum Gasteiger partial charge on any atom is 0.235 e. The first kappa shape index (κ1) is 18.4. The van der Waals surface area contributed by atoms with Gasteiger partial charge in [-0.3, -0.25) is 4.79 Å². The van der Waals surface area contributed by atoms with Crippen molar-refractivity contribution in [3.63, 3.8) is 0 Å². The van der Waals surface area contributed by atoms with Crippen LogP contribution >= 0.6 is 0 Å². The fraction of sp³-hybridized carbons (Fsp3) is 0.0870. The standard InChI is InChI=1S/C23H18O6/c1-27-17-9-7-15(8-10-17)21-23(28-13-14-5-3-2-4-6-14)20(26)18-11-16(24)12-19(25)22(18)29-21/h2-12,24-25H,13H2,1H3. The van der Waals surface area contributed by atoms with Crippen LogP contribution in [0, 0.1) is 0 Å². The zero-order chi connectivity index (χ0) is 20.4.